The van der Waals surface area contributed by atoms with Crippen LogP contribution in [0.4, 0.5) is 5.69 Å². The fourth-order valence-electron chi connectivity index (χ4n) is 2.32. The molecule has 27 heavy (non-hydrogen) atoms. The molecule has 0 fully saturated rings. The van der Waals surface area contributed by atoms with Gasteiger partial charge in [-0.1, -0.05) is 13.8 Å². The smallest absolute Gasteiger partial charge is 0.226 e. The molecule has 6 nitrogen and oxygen atoms in total. The van der Waals surface area contributed by atoms with E-state index in [2.05, 4.69) is 5.32 Å². The van der Waals surface area contributed by atoms with E-state index >= 15 is 0 Å². The summed E-state index contributed by atoms with van der Waals surface area (Å²) in [6, 6.07) is 13.4. The van der Waals surface area contributed by atoms with Crippen LogP contribution in [0.15, 0.2) is 42.5 Å². The lowest BCUT2D eigenvalue weighted by Gasteiger charge is -2.16. The summed E-state index contributed by atoms with van der Waals surface area (Å²) < 4.78 is 10.9. The Bertz CT molecular complexity index is 867. The van der Waals surface area contributed by atoms with Crippen molar-refractivity contribution < 1.29 is 19.1 Å². The van der Waals surface area contributed by atoms with E-state index in [0.29, 0.717) is 28.3 Å². The van der Waals surface area contributed by atoms with E-state index in [0.717, 1.165) is 0 Å². The second-order valence-electron chi connectivity index (χ2n) is 6.32. The number of amides is 1. The van der Waals surface area contributed by atoms with Gasteiger partial charge in [0.25, 0.3) is 0 Å². The van der Waals surface area contributed by atoms with Gasteiger partial charge in [0.1, 0.15) is 0 Å². The number of Topliss-reactive ketones (excluding diaryl/α,β-unsaturated/α-hetero) is 1. The highest BCUT2D eigenvalue weighted by molar-refractivity contribution is 6.00. The summed E-state index contributed by atoms with van der Waals surface area (Å²) in [5, 5.41) is 11.7. The van der Waals surface area contributed by atoms with Crippen LogP contribution in [-0.4, -0.2) is 24.9 Å². The molecule has 1 amide bonds. The van der Waals surface area contributed by atoms with Crippen molar-refractivity contribution >= 4 is 17.4 Å². The van der Waals surface area contributed by atoms with Gasteiger partial charge in [0.15, 0.2) is 17.6 Å². The number of anilines is 1. The van der Waals surface area contributed by atoms with Crippen LogP contribution >= 0.6 is 0 Å². The van der Waals surface area contributed by atoms with Crippen molar-refractivity contribution in [1.29, 1.82) is 5.26 Å². The first-order valence-electron chi connectivity index (χ1n) is 8.55. The fourth-order valence-corrected chi connectivity index (χ4v) is 2.32. The predicted octanol–water partition coefficient (Wildman–Crippen LogP) is 3.81. The molecule has 0 unspecified atom stereocenters. The summed E-state index contributed by atoms with van der Waals surface area (Å²) in [7, 11) is 1.47. The summed E-state index contributed by atoms with van der Waals surface area (Å²) >= 11 is 0. The molecule has 0 saturated heterocycles. The van der Waals surface area contributed by atoms with Crippen LogP contribution in [0.2, 0.25) is 0 Å². The van der Waals surface area contributed by atoms with E-state index in [-0.39, 0.29) is 17.6 Å². The summed E-state index contributed by atoms with van der Waals surface area (Å²) in [5.74, 6) is 0.364. The highest BCUT2D eigenvalue weighted by atomic mass is 16.5. The third kappa shape index (κ3) is 5.08. The SMILES string of the molecule is COc1cc(C#N)ccc1O[C@@H](C)C(=O)c1ccc(NC(=O)C(C)C)cc1. The van der Waals surface area contributed by atoms with E-state index in [1.807, 2.05) is 19.9 Å². The molecule has 0 bridgehead atoms. The number of nitrogens with one attached hydrogen (secondary N) is 1. The molecule has 0 aliphatic heterocycles. The van der Waals surface area contributed by atoms with Gasteiger partial charge in [0, 0.05) is 23.2 Å². The molecular weight excluding hydrogens is 344 g/mol. The molecule has 1 N–H and O–H groups in total. The topological polar surface area (TPSA) is 88.4 Å². The number of methoxy groups -OCH3 is 1. The second-order valence-corrected chi connectivity index (χ2v) is 6.32. The minimum absolute atomic E-state index is 0.0845. The third-order valence-corrected chi connectivity index (χ3v) is 3.93. The Morgan fingerprint density at radius 1 is 1.04 bits per heavy atom. The molecule has 2 aromatic carbocycles. The van der Waals surface area contributed by atoms with E-state index in [4.69, 9.17) is 14.7 Å². The average molecular weight is 366 g/mol. The summed E-state index contributed by atoms with van der Waals surface area (Å²) in [5.41, 5.74) is 1.54. The van der Waals surface area contributed by atoms with Gasteiger partial charge in [0.05, 0.1) is 18.7 Å². The maximum Gasteiger partial charge on any atom is 0.226 e. The molecule has 2 rings (SSSR count). The molecule has 0 aromatic heterocycles. The first kappa shape index (κ1) is 20.0. The average Bonchev–Trinajstić information content (AvgIpc) is 2.68. The zero-order chi connectivity index (χ0) is 20.0. The Kier molecular flexibility index (Phi) is 6.56. The zero-order valence-corrected chi connectivity index (χ0v) is 15.8. The van der Waals surface area contributed by atoms with Crippen molar-refractivity contribution in [3.05, 3.63) is 53.6 Å². The molecule has 1 atom stereocenters. The molecule has 0 aliphatic rings. The first-order valence-corrected chi connectivity index (χ1v) is 8.55. The van der Waals surface area contributed by atoms with E-state index in [1.165, 1.54) is 7.11 Å². The highest BCUT2D eigenvalue weighted by Gasteiger charge is 2.19. The standard InChI is InChI=1S/C21H22N2O4/c1-13(2)21(25)23-17-8-6-16(7-9-17)20(24)14(3)27-18-10-5-15(12-22)11-19(18)26-4/h5-11,13-14H,1-4H3,(H,23,25)/t14-/m0/s1. The molecule has 0 heterocycles. The third-order valence-electron chi connectivity index (χ3n) is 3.93. The number of benzene rings is 2. The fraction of sp³-hybridized carbons (Fsp3) is 0.286. The Labute approximate surface area is 158 Å². The van der Waals surface area contributed by atoms with Crippen molar-refractivity contribution in [3.63, 3.8) is 0 Å². The van der Waals surface area contributed by atoms with Crippen molar-refractivity contribution in [2.24, 2.45) is 5.92 Å². The quantitative estimate of drug-likeness (QED) is 0.753. The van der Waals surface area contributed by atoms with Gasteiger partial charge >= 0.3 is 0 Å². The Morgan fingerprint density at radius 3 is 2.26 bits per heavy atom. The number of nitriles is 1. The van der Waals surface area contributed by atoms with Crippen molar-refractivity contribution in [2.75, 3.05) is 12.4 Å². The number of carbonyl (C=O) groups is 2. The molecule has 0 radical (unpaired) electrons. The van der Waals surface area contributed by atoms with Gasteiger partial charge in [-0.05, 0) is 43.3 Å². The largest absolute Gasteiger partial charge is 0.493 e. The van der Waals surface area contributed by atoms with Crippen LogP contribution < -0.4 is 14.8 Å². The van der Waals surface area contributed by atoms with Crippen molar-refractivity contribution in [3.8, 4) is 17.6 Å². The molecular formula is C21H22N2O4. The second kappa shape index (κ2) is 8.86. The van der Waals surface area contributed by atoms with Gasteiger partial charge in [-0.15, -0.1) is 0 Å². The van der Waals surface area contributed by atoms with Crippen LogP contribution in [-0.2, 0) is 4.79 Å². The zero-order valence-electron chi connectivity index (χ0n) is 15.8. The Balaban J connectivity index is 2.09. The van der Waals surface area contributed by atoms with Gasteiger partial charge in [0.2, 0.25) is 11.7 Å². The monoisotopic (exact) mass is 366 g/mol. The Morgan fingerprint density at radius 2 is 1.70 bits per heavy atom. The van der Waals surface area contributed by atoms with Crippen LogP contribution in [0.1, 0.15) is 36.7 Å². The lowest BCUT2D eigenvalue weighted by Crippen LogP contribution is -2.24. The minimum Gasteiger partial charge on any atom is -0.493 e. The number of ether oxygens (including phenoxy) is 2. The van der Waals surface area contributed by atoms with E-state index < -0.39 is 6.10 Å². The maximum atomic E-state index is 12.6. The van der Waals surface area contributed by atoms with E-state index in [1.54, 1.807) is 49.4 Å². The Hall–Kier alpha value is -3.33. The van der Waals surface area contributed by atoms with E-state index in [9.17, 15) is 9.59 Å². The molecule has 0 spiro atoms. The van der Waals surface area contributed by atoms with Gasteiger partial charge < -0.3 is 14.8 Å². The number of ketones is 1. The normalized spacial score (nSPS) is 11.4. The minimum atomic E-state index is -0.747. The van der Waals surface area contributed by atoms with Crippen LogP contribution in [0.25, 0.3) is 0 Å². The molecule has 0 aliphatic carbocycles. The lowest BCUT2D eigenvalue weighted by molar-refractivity contribution is -0.118. The number of nitrogens with zero attached hydrogens (tertiary/aromatic N) is 1. The number of carbonyl (C=O) groups excluding carboxylic acids is 2. The summed E-state index contributed by atoms with van der Waals surface area (Å²) in [4.78, 5) is 24.3. The van der Waals surface area contributed by atoms with Crippen LogP contribution in [0.5, 0.6) is 11.5 Å². The molecule has 140 valence electrons. The molecule has 2 aromatic rings. The number of rotatable bonds is 7. The highest BCUT2D eigenvalue weighted by Crippen LogP contribution is 2.29. The van der Waals surface area contributed by atoms with Crippen LogP contribution in [0.3, 0.4) is 0 Å². The maximum absolute atomic E-state index is 12.6. The van der Waals surface area contributed by atoms with Crippen LogP contribution in [0, 0.1) is 17.2 Å². The van der Waals surface area contributed by atoms with Crippen molar-refractivity contribution in [1.82, 2.24) is 0 Å². The molecule has 0 saturated carbocycles. The van der Waals surface area contributed by atoms with Gasteiger partial charge in [-0.3, -0.25) is 9.59 Å². The van der Waals surface area contributed by atoms with Gasteiger partial charge in [-0.2, -0.15) is 5.26 Å². The molecule has 6 heteroatoms. The van der Waals surface area contributed by atoms with Gasteiger partial charge in [-0.25, -0.2) is 0 Å². The summed E-state index contributed by atoms with van der Waals surface area (Å²) in [6.45, 7) is 5.27. The number of hydrogen-bond acceptors (Lipinski definition) is 5. The predicted molar refractivity (Wildman–Crippen MR) is 102 cm³/mol. The lowest BCUT2D eigenvalue weighted by atomic mass is 10.1. The first-order chi connectivity index (χ1) is 12.8. The number of hydrogen-bond donors (Lipinski definition) is 1. The summed E-state index contributed by atoms with van der Waals surface area (Å²) in [6.07, 6.45) is -0.747. The van der Waals surface area contributed by atoms with Crippen molar-refractivity contribution in [2.45, 2.75) is 26.9 Å².